The van der Waals surface area contributed by atoms with Crippen LogP contribution < -0.4 is 4.74 Å². The summed E-state index contributed by atoms with van der Waals surface area (Å²) in [5, 5.41) is 6.08. The second-order valence-corrected chi connectivity index (χ2v) is 7.19. The molecular weight excluding hydrogens is 383 g/mol. The van der Waals surface area contributed by atoms with E-state index in [2.05, 4.69) is 28.1 Å². The van der Waals surface area contributed by atoms with Gasteiger partial charge in [0.15, 0.2) is 5.65 Å². The average molecular weight is 399 g/mol. The second kappa shape index (κ2) is 6.83. The molecule has 0 saturated carbocycles. The third-order valence-corrected chi connectivity index (χ3v) is 5.19. The first-order valence-electron chi connectivity index (χ1n) is 8.34. The van der Waals surface area contributed by atoms with Gasteiger partial charge in [-0.1, -0.05) is 29.3 Å². The zero-order valence-corrected chi connectivity index (χ0v) is 16.5. The van der Waals surface area contributed by atoms with Crippen LogP contribution in [0.4, 0.5) is 0 Å². The van der Waals surface area contributed by atoms with Gasteiger partial charge in [0.1, 0.15) is 17.5 Å². The van der Waals surface area contributed by atoms with Crippen LogP contribution in [-0.4, -0.2) is 19.7 Å². The van der Waals surface area contributed by atoms with Crippen LogP contribution >= 0.6 is 23.2 Å². The Morgan fingerprint density at radius 3 is 2.56 bits per heavy atom. The lowest BCUT2D eigenvalue weighted by Crippen LogP contribution is -1.99. The number of hydrogen-bond acceptors (Lipinski definition) is 4. The molecule has 0 aliphatic carbocycles. The summed E-state index contributed by atoms with van der Waals surface area (Å²) in [4.78, 5) is 8.67. The van der Waals surface area contributed by atoms with Crippen molar-refractivity contribution in [2.45, 2.75) is 20.8 Å². The summed E-state index contributed by atoms with van der Waals surface area (Å²) in [6.07, 6.45) is 3.15. The highest BCUT2D eigenvalue weighted by atomic mass is 35.5. The fourth-order valence-electron chi connectivity index (χ4n) is 2.92. The van der Waals surface area contributed by atoms with Crippen LogP contribution in [0.2, 0.25) is 10.0 Å². The van der Waals surface area contributed by atoms with Gasteiger partial charge < -0.3 is 4.74 Å². The van der Waals surface area contributed by atoms with E-state index in [4.69, 9.17) is 27.9 Å². The van der Waals surface area contributed by atoms with Crippen LogP contribution in [0.5, 0.6) is 11.6 Å². The minimum absolute atomic E-state index is 0.453. The number of nitrogens with zero attached hydrogens (tertiary/aromatic N) is 4. The van der Waals surface area contributed by atoms with E-state index < -0.39 is 0 Å². The van der Waals surface area contributed by atoms with E-state index in [1.54, 1.807) is 23.0 Å². The molecule has 27 heavy (non-hydrogen) atoms. The topological polar surface area (TPSA) is 52.8 Å². The molecule has 0 aliphatic rings. The van der Waals surface area contributed by atoms with Gasteiger partial charge in [0.25, 0.3) is 0 Å². The standard InChI is InChI=1S/C20H16Cl2N4O/c1-11-6-12(2)13(3)18(7-11)27-20-15-9-25-26(19(15)23-10-24-20)14-4-5-16(21)17(22)8-14/h4-10H,1-3H3. The Morgan fingerprint density at radius 1 is 0.963 bits per heavy atom. The largest absolute Gasteiger partial charge is 0.438 e. The Hall–Kier alpha value is -2.63. The highest BCUT2D eigenvalue weighted by Gasteiger charge is 2.15. The van der Waals surface area contributed by atoms with Gasteiger partial charge in [-0.3, -0.25) is 0 Å². The Balaban J connectivity index is 1.80. The third kappa shape index (κ3) is 3.24. The van der Waals surface area contributed by atoms with Gasteiger partial charge in [-0.2, -0.15) is 5.10 Å². The van der Waals surface area contributed by atoms with Gasteiger partial charge in [0, 0.05) is 0 Å². The molecule has 7 heteroatoms. The maximum atomic E-state index is 6.14. The van der Waals surface area contributed by atoms with Crippen molar-refractivity contribution >= 4 is 34.2 Å². The van der Waals surface area contributed by atoms with Gasteiger partial charge >= 0.3 is 0 Å². The monoisotopic (exact) mass is 398 g/mol. The summed E-state index contributed by atoms with van der Waals surface area (Å²) in [7, 11) is 0. The minimum Gasteiger partial charge on any atom is -0.438 e. The van der Waals surface area contributed by atoms with Crippen molar-refractivity contribution < 1.29 is 4.74 Å². The summed E-state index contributed by atoms with van der Waals surface area (Å²) in [6, 6.07) is 9.42. The molecule has 0 atom stereocenters. The number of aryl methyl sites for hydroxylation is 2. The molecule has 2 aromatic heterocycles. The fraction of sp³-hybridized carbons (Fsp3) is 0.150. The van der Waals surface area contributed by atoms with E-state index in [0.29, 0.717) is 27.0 Å². The highest BCUT2D eigenvalue weighted by molar-refractivity contribution is 6.42. The molecule has 0 aliphatic heterocycles. The summed E-state index contributed by atoms with van der Waals surface area (Å²) in [5.74, 6) is 1.23. The number of halogens is 2. The van der Waals surface area contributed by atoms with Gasteiger partial charge in [-0.25, -0.2) is 14.6 Å². The first-order chi connectivity index (χ1) is 12.9. The molecule has 0 radical (unpaired) electrons. The van der Waals surface area contributed by atoms with E-state index in [1.807, 2.05) is 26.0 Å². The second-order valence-electron chi connectivity index (χ2n) is 6.38. The molecule has 4 rings (SSSR count). The van der Waals surface area contributed by atoms with Crippen molar-refractivity contribution in [2.75, 3.05) is 0 Å². The number of aromatic nitrogens is 4. The minimum atomic E-state index is 0.453. The molecule has 0 bridgehead atoms. The molecule has 0 fully saturated rings. The highest BCUT2D eigenvalue weighted by Crippen LogP contribution is 2.32. The lowest BCUT2D eigenvalue weighted by molar-refractivity contribution is 0.464. The van der Waals surface area contributed by atoms with Crippen LogP contribution in [0.3, 0.4) is 0 Å². The van der Waals surface area contributed by atoms with Crippen LogP contribution in [0.15, 0.2) is 42.9 Å². The Bertz CT molecular complexity index is 1170. The van der Waals surface area contributed by atoms with Gasteiger partial charge in [-0.15, -0.1) is 0 Å². The normalized spacial score (nSPS) is 11.1. The molecule has 2 aromatic carbocycles. The molecule has 0 amide bonds. The summed E-state index contributed by atoms with van der Waals surface area (Å²) < 4.78 is 7.81. The van der Waals surface area contributed by atoms with Gasteiger partial charge in [0.2, 0.25) is 5.88 Å². The summed E-state index contributed by atoms with van der Waals surface area (Å²) in [5.41, 5.74) is 4.75. The molecule has 0 unspecified atom stereocenters. The number of ether oxygens (including phenoxy) is 1. The number of benzene rings is 2. The predicted molar refractivity (Wildman–Crippen MR) is 107 cm³/mol. The number of hydrogen-bond donors (Lipinski definition) is 0. The lowest BCUT2D eigenvalue weighted by Gasteiger charge is -2.12. The van der Waals surface area contributed by atoms with Crippen molar-refractivity contribution in [3.05, 3.63) is 69.6 Å². The van der Waals surface area contributed by atoms with Crippen LogP contribution in [0.25, 0.3) is 16.7 Å². The zero-order chi connectivity index (χ0) is 19.1. The van der Waals surface area contributed by atoms with E-state index in [-0.39, 0.29) is 0 Å². The van der Waals surface area contributed by atoms with Crippen molar-refractivity contribution in [3.8, 4) is 17.3 Å². The molecule has 136 valence electrons. The van der Waals surface area contributed by atoms with E-state index >= 15 is 0 Å². The third-order valence-electron chi connectivity index (χ3n) is 4.45. The fourth-order valence-corrected chi connectivity index (χ4v) is 3.21. The van der Waals surface area contributed by atoms with Crippen LogP contribution in [0.1, 0.15) is 16.7 Å². The average Bonchev–Trinajstić information content (AvgIpc) is 3.07. The first kappa shape index (κ1) is 17.8. The smallest absolute Gasteiger partial charge is 0.233 e. The summed E-state index contributed by atoms with van der Waals surface area (Å²) >= 11 is 12.1. The number of rotatable bonds is 3. The van der Waals surface area contributed by atoms with Crippen LogP contribution in [0, 0.1) is 20.8 Å². The van der Waals surface area contributed by atoms with E-state index in [9.17, 15) is 0 Å². The molecule has 0 saturated heterocycles. The molecule has 0 spiro atoms. The SMILES string of the molecule is Cc1cc(C)c(C)c(Oc2ncnc3c2cnn3-c2ccc(Cl)c(Cl)c2)c1. The predicted octanol–water partition coefficient (Wildman–Crippen LogP) is 5.84. The maximum Gasteiger partial charge on any atom is 0.233 e. The molecule has 2 heterocycles. The quantitative estimate of drug-likeness (QED) is 0.434. The van der Waals surface area contributed by atoms with Crippen molar-refractivity contribution in [1.82, 2.24) is 19.7 Å². The van der Waals surface area contributed by atoms with Crippen molar-refractivity contribution in [2.24, 2.45) is 0 Å². The molecule has 4 aromatic rings. The first-order valence-corrected chi connectivity index (χ1v) is 9.09. The molecular formula is C20H16Cl2N4O. The molecule has 0 N–H and O–H groups in total. The Morgan fingerprint density at radius 2 is 1.78 bits per heavy atom. The number of fused-ring (bicyclic) bond motifs is 1. The lowest BCUT2D eigenvalue weighted by atomic mass is 10.1. The van der Waals surface area contributed by atoms with Gasteiger partial charge in [0.05, 0.1) is 21.9 Å². The summed E-state index contributed by atoms with van der Waals surface area (Å²) in [6.45, 7) is 6.13. The zero-order valence-electron chi connectivity index (χ0n) is 15.0. The van der Waals surface area contributed by atoms with Crippen molar-refractivity contribution in [3.63, 3.8) is 0 Å². The van der Waals surface area contributed by atoms with E-state index in [0.717, 1.165) is 22.6 Å². The van der Waals surface area contributed by atoms with Crippen LogP contribution in [-0.2, 0) is 0 Å². The van der Waals surface area contributed by atoms with Crippen molar-refractivity contribution in [1.29, 1.82) is 0 Å². The van der Waals surface area contributed by atoms with Gasteiger partial charge in [-0.05, 0) is 61.7 Å². The Labute approximate surface area is 166 Å². The Kier molecular flexibility index (Phi) is 4.50. The van der Waals surface area contributed by atoms with E-state index in [1.165, 1.54) is 11.9 Å². The molecule has 5 nitrogen and oxygen atoms in total. The maximum absolute atomic E-state index is 6.14.